The van der Waals surface area contributed by atoms with Crippen molar-refractivity contribution in [1.29, 1.82) is 0 Å². The molecule has 2 fully saturated rings. The lowest BCUT2D eigenvalue weighted by Crippen LogP contribution is -2.52. The van der Waals surface area contributed by atoms with Crippen LogP contribution in [0.3, 0.4) is 0 Å². The minimum absolute atomic E-state index is 0.131. The summed E-state index contributed by atoms with van der Waals surface area (Å²) in [5.41, 5.74) is 3.30. The van der Waals surface area contributed by atoms with Crippen molar-refractivity contribution in [1.82, 2.24) is 24.6 Å². The fourth-order valence-corrected chi connectivity index (χ4v) is 6.73. The lowest BCUT2D eigenvalue weighted by atomic mass is 9.91. The molecule has 5 rings (SSSR count). The van der Waals surface area contributed by atoms with E-state index >= 15 is 0 Å². The summed E-state index contributed by atoms with van der Waals surface area (Å²) < 4.78 is 1.91. The van der Waals surface area contributed by atoms with Crippen molar-refractivity contribution in [2.75, 3.05) is 24.5 Å². The first-order valence-electron chi connectivity index (χ1n) is 13.1. The summed E-state index contributed by atoms with van der Waals surface area (Å²) >= 11 is 12.6. The Morgan fingerprint density at radius 1 is 1.24 bits per heavy atom. The highest BCUT2D eigenvalue weighted by atomic mass is 35.5. The Morgan fingerprint density at radius 2 is 2.05 bits per heavy atom. The Kier molecular flexibility index (Phi) is 7.61. The Bertz CT molecular complexity index is 1300. The molecule has 0 saturated carbocycles. The Morgan fingerprint density at radius 3 is 2.78 bits per heavy atom. The van der Waals surface area contributed by atoms with E-state index in [1.165, 1.54) is 0 Å². The number of carbonyl (C=O) groups is 1. The fraction of sp³-hybridized carbons (Fsp3) is 0.556. The molecule has 37 heavy (non-hydrogen) atoms. The Balaban J connectivity index is 1.36. The number of carboxylic acid groups (broad SMARTS) is 1. The smallest absolute Gasteiger partial charge is 0.303 e. The average Bonchev–Trinajstić information content (AvgIpc) is 3.46. The van der Waals surface area contributed by atoms with Gasteiger partial charge in [0.05, 0.1) is 17.9 Å². The number of benzene rings is 1. The number of aromatic nitrogens is 4. The van der Waals surface area contributed by atoms with Gasteiger partial charge in [0, 0.05) is 41.6 Å². The molecule has 198 valence electrons. The van der Waals surface area contributed by atoms with Crippen molar-refractivity contribution < 1.29 is 9.90 Å². The SMILES string of the molecule is Cc1nn(C(C)c2ccc(Cl)cc2Cl)c2nc(N3CCC(N4CCCC4CCC(=O)O)C(C)C3)cnc12. The van der Waals surface area contributed by atoms with Crippen molar-refractivity contribution >= 4 is 46.2 Å². The van der Waals surface area contributed by atoms with Crippen LogP contribution in [0.4, 0.5) is 5.82 Å². The third-order valence-electron chi connectivity index (χ3n) is 8.06. The van der Waals surface area contributed by atoms with Gasteiger partial charge in [-0.3, -0.25) is 9.69 Å². The van der Waals surface area contributed by atoms with E-state index in [0.29, 0.717) is 28.0 Å². The van der Waals surface area contributed by atoms with Gasteiger partial charge in [-0.1, -0.05) is 36.2 Å². The van der Waals surface area contributed by atoms with Crippen molar-refractivity contribution in [3.8, 4) is 0 Å². The number of carboxylic acids is 1. The molecule has 4 unspecified atom stereocenters. The molecular weight excluding hydrogens is 511 g/mol. The summed E-state index contributed by atoms with van der Waals surface area (Å²) in [7, 11) is 0. The number of anilines is 1. The zero-order valence-electron chi connectivity index (χ0n) is 21.6. The highest BCUT2D eigenvalue weighted by molar-refractivity contribution is 6.35. The number of fused-ring (bicyclic) bond motifs is 1. The standard InChI is InChI=1S/C27H34Cl2N6O2/c1-16-15-33(12-10-23(16)34-11-4-5-20(34)7-9-25(36)37)24-14-30-26-17(2)32-35(27(26)31-24)18(3)21-8-6-19(28)13-22(21)29/h6,8,13-14,16,18,20,23H,4-5,7,9-12,15H2,1-3H3,(H,36,37). The number of hydrogen-bond acceptors (Lipinski definition) is 6. The number of aliphatic carboxylic acids is 1. The zero-order valence-corrected chi connectivity index (χ0v) is 23.1. The van der Waals surface area contributed by atoms with E-state index in [1.54, 1.807) is 6.07 Å². The van der Waals surface area contributed by atoms with Crippen molar-refractivity contribution in [3.63, 3.8) is 0 Å². The lowest BCUT2D eigenvalue weighted by molar-refractivity contribution is -0.137. The van der Waals surface area contributed by atoms with Gasteiger partial charge < -0.3 is 10.0 Å². The van der Waals surface area contributed by atoms with Crippen molar-refractivity contribution in [2.45, 2.75) is 71.0 Å². The van der Waals surface area contributed by atoms with Gasteiger partial charge in [0.2, 0.25) is 0 Å². The molecule has 8 nitrogen and oxygen atoms in total. The van der Waals surface area contributed by atoms with Crippen LogP contribution in [-0.4, -0.2) is 67.4 Å². The van der Waals surface area contributed by atoms with E-state index < -0.39 is 5.97 Å². The van der Waals surface area contributed by atoms with Crippen LogP contribution in [0.2, 0.25) is 10.0 Å². The van der Waals surface area contributed by atoms with Gasteiger partial charge >= 0.3 is 5.97 Å². The number of aryl methyl sites for hydroxylation is 1. The number of likely N-dealkylation sites (tertiary alicyclic amines) is 1. The number of hydrogen-bond donors (Lipinski definition) is 1. The molecule has 1 N–H and O–H groups in total. The highest BCUT2D eigenvalue weighted by Gasteiger charge is 2.37. The summed E-state index contributed by atoms with van der Waals surface area (Å²) in [6.07, 6.45) is 6.12. The first kappa shape index (κ1) is 26.2. The maximum atomic E-state index is 11.1. The number of halogens is 2. The molecule has 0 radical (unpaired) electrons. The fourth-order valence-electron chi connectivity index (χ4n) is 6.16. The van der Waals surface area contributed by atoms with E-state index in [4.69, 9.17) is 43.4 Å². The molecule has 4 heterocycles. The quantitative estimate of drug-likeness (QED) is 0.414. The van der Waals surface area contributed by atoms with Crippen molar-refractivity contribution in [3.05, 3.63) is 45.7 Å². The van der Waals surface area contributed by atoms with Gasteiger partial charge in [-0.2, -0.15) is 5.10 Å². The lowest BCUT2D eigenvalue weighted by Gasteiger charge is -2.43. The van der Waals surface area contributed by atoms with Crippen molar-refractivity contribution in [2.24, 2.45) is 5.92 Å². The third-order valence-corrected chi connectivity index (χ3v) is 8.62. The molecule has 4 atom stereocenters. The summed E-state index contributed by atoms with van der Waals surface area (Å²) in [5.74, 6) is 0.595. The summed E-state index contributed by atoms with van der Waals surface area (Å²) in [4.78, 5) is 25.8. The molecule has 2 aliphatic rings. The second kappa shape index (κ2) is 10.8. The van der Waals surface area contributed by atoms with Gasteiger partial charge in [0.1, 0.15) is 11.3 Å². The van der Waals surface area contributed by atoms with Gasteiger partial charge in [0.25, 0.3) is 0 Å². The first-order valence-corrected chi connectivity index (χ1v) is 13.9. The minimum Gasteiger partial charge on any atom is -0.481 e. The van der Waals surface area contributed by atoms with E-state index in [1.807, 2.05) is 29.9 Å². The number of rotatable bonds is 7. The maximum absolute atomic E-state index is 11.1. The Hall–Kier alpha value is -2.42. The third kappa shape index (κ3) is 5.29. The minimum atomic E-state index is -0.703. The van der Waals surface area contributed by atoms with Gasteiger partial charge in [-0.25, -0.2) is 14.6 Å². The van der Waals surface area contributed by atoms with Crippen LogP contribution in [0.25, 0.3) is 11.2 Å². The van der Waals surface area contributed by atoms with Crippen LogP contribution in [0.5, 0.6) is 0 Å². The zero-order chi connectivity index (χ0) is 26.3. The molecule has 1 aromatic carbocycles. The monoisotopic (exact) mass is 544 g/mol. The van der Waals surface area contributed by atoms with Crippen LogP contribution in [0.15, 0.2) is 24.4 Å². The van der Waals surface area contributed by atoms with E-state index in [2.05, 4.69) is 23.6 Å². The largest absolute Gasteiger partial charge is 0.481 e. The van der Waals surface area contributed by atoms with E-state index in [0.717, 1.165) is 73.6 Å². The molecule has 2 aliphatic heterocycles. The number of nitrogens with zero attached hydrogens (tertiary/aromatic N) is 6. The number of piperidine rings is 1. The predicted molar refractivity (Wildman–Crippen MR) is 147 cm³/mol. The highest BCUT2D eigenvalue weighted by Crippen LogP contribution is 2.34. The van der Waals surface area contributed by atoms with Crippen LogP contribution in [0, 0.1) is 12.8 Å². The molecule has 0 aliphatic carbocycles. The van der Waals surface area contributed by atoms with Crippen LogP contribution in [0.1, 0.15) is 63.3 Å². The summed E-state index contributed by atoms with van der Waals surface area (Å²) in [6.45, 7) is 9.15. The first-order chi connectivity index (χ1) is 17.7. The second-order valence-electron chi connectivity index (χ2n) is 10.5. The van der Waals surface area contributed by atoms with E-state index in [9.17, 15) is 4.79 Å². The molecule has 3 aromatic rings. The van der Waals surface area contributed by atoms with Crippen LogP contribution >= 0.6 is 23.2 Å². The second-order valence-corrected chi connectivity index (χ2v) is 11.4. The van der Waals surface area contributed by atoms with Crippen LogP contribution < -0.4 is 4.90 Å². The predicted octanol–water partition coefficient (Wildman–Crippen LogP) is 5.59. The van der Waals surface area contributed by atoms with Gasteiger partial charge in [0.15, 0.2) is 5.65 Å². The van der Waals surface area contributed by atoms with E-state index in [-0.39, 0.29) is 12.5 Å². The molecule has 0 amide bonds. The summed E-state index contributed by atoms with van der Waals surface area (Å²) in [6, 6.07) is 6.24. The van der Waals surface area contributed by atoms with Gasteiger partial charge in [-0.05, 0) is 69.7 Å². The average molecular weight is 546 g/mol. The summed E-state index contributed by atoms with van der Waals surface area (Å²) in [5, 5.41) is 15.1. The molecule has 2 aromatic heterocycles. The molecular formula is C27H34Cl2N6O2. The van der Waals surface area contributed by atoms with Crippen LogP contribution in [-0.2, 0) is 4.79 Å². The van der Waals surface area contributed by atoms with Gasteiger partial charge in [-0.15, -0.1) is 0 Å². The molecule has 0 bridgehead atoms. The normalized spacial score (nSPS) is 23.6. The molecule has 2 saturated heterocycles. The molecule has 0 spiro atoms. The molecule has 10 heteroatoms. The maximum Gasteiger partial charge on any atom is 0.303 e. The Labute approximate surface area is 227 Å². The topological polar surface area (TPSA) is 87.4 Å².